The van der Waals surface area contributed by atoms with Crippen LogP contribution in [-0.4, -0.2) is 69.1 Å². The summed E-state index contributed by atoms with van der Waals surface area (Å²) in [6, 6.07) is 9.58. The van der Waals surface area contributed by atoms with Crippen molar-refractivity contribution in [3.63, 3.8) is 0 Å². The minimum absolute atomic E-state index is 0.0636. The van der Waals surface area contributed by atoms with E-state index in [4.69, 9.17) is 14.6 Å². The number of piperidine rings is 1. The molecular weight excluding hydrogens is 617 g/mol. The lowest BCUT2D eigenvalue weighted by atomic mass is 10.0. The Morgan fingerprint density at radius 3 is 2.63 bits per heavy atom. The Balaban J connectivity index is 1.34. The van der Waals surface area contributed by atoms with E-state index >= 15 is 0 Å². The number of aromatic nitrogens is 3. The van der Waals surface area contributed by atoms with Gasteiger partial charge in [-0.3, -0.25) is 4.79 Å². The number of aryl methyl sites for hydroxylation is 1. The summed E-state index contributed by atoms with van der Waals surface area (Å²) >= 11 is 3.62. The number of hydrogen-bond donors (Lipinski definition) is 1. The average molecular weight is 655 g/mol. The maximum Gasteiger partial charge on any atom is 0.407 e. The van der Waals surface area contributed by atoms with E-state index in [-0.39, 0.29) is 25.4 Å². The highest BCUT2D eigenvalue weighted by molar-refractivity contribution is 9.10. The molecule has 1 aliphatic carbocycles. The van der Waals surface area contributed by atoms with Crippen molar-refractivity contribution < 1.29 is 23.5 Å². The van der Waals surface area contributed by atoms with Gasteiger partial charge in [-0.15, -0.1) is 0 Å². The topological polar surface area (TPSA) is 90.1 Å². The van der Waals surface area contributed by atoms with Crippen LogP contribution < -0.4 is 10.1 Å². The molecule has 1 saturated carbocycles. The van der Waals surface area contributed by atoms with E-state index in [1.165, 1.54) is 17.7 Å². The second-order valence-corrected chi connectivity index (χ2v) is 13.7. The zero-order chi connectivity index (χ0) is 30.6. The van der Waals surface area contributed by atoms with Crippen LogP contribution in [0.4, 0.5) is 9.18 Å². The highest BCUT2D eigenvalue weighted by Gasteiger charge is 2.33. The maximum absolute atomic E-state index is 14.8. The molecule has 0 bridgehead atoms. The molecule has 2 fully saturated rings. The van der Waals surface area contributed by atoms with Gasteiger partial charge in [0.15, 0.2) is 0 Å². The van der Waals surface area contributed by atoms with Crippen LogP contribution in [-0.2, 0) is 11.3 Å². The van der Waals surface area contributed by atoms with Crippen molar-refractivity contribution in [3.8, 4) is 17.1 Å². The van der Waals surface area contributed by atoms with E-state index in [9.17, 15) is 14.0 Å². The van der Waals surface area contributed by atoms with Crippen LogP contribution in [0.3, 0.4) is 0 Å². The van der Waals surface area contributed by atoms with Gasteiger partial charge < -0.3 is 24.3 Å². The number of alkyl halides is 1. The Labute approximate surface area is 258 Å². The lowest BCUT2D eigenvalue weighted by Crippen LogP contribution is -2.54. The molecule has 3 aromatic heterocycles. The van der Waals surface area contributed by atoms with Crippen LogP contribution in [0.2, 0.25) is 0 Å². The number of methoxy groups -OCH3 is 1. The quantitative estimate of drug-likeness (QED) is 0.256. The number of carbonyl (C=O) groups excluding carboxylic acids is 2. The predicted octanol–water partition coefficient (Wildman–Crippen LogP) is 6.52. The fourth-order valence-corrected chi connectivity index (χ4v) is 6.30. The number of carbonyl (C=O) groups is 2. The van der Waals surface area contributed by atoms with E-state index in [1.54, 1.807) is 44.7 Å². The number of nitrogens with one attached hydrogen (secondary N) is 1. The Bertz CT molecular complexity index is 1720. The number of hydrogen-bond acceptors (Lipinski definition) is 5. The van der Waals surface area contributed by atoms with Gasteiger partial charge in [0.25, 0.3) is 5.91 Å². The number of pyridine rings is 1. The number of fused-ring (bicyclic) bond motifs is 2. The first-order valence-electron chi connectivity index (χ1n) is 14.7. The zero-order valence-corrected chi connectivity index (χ0v) is 26.7. The molecule has 6 rings (SSSR count). The molecule has 4 aromatic rings. The summed E-state index contributed by atoms with van der Waals surface area (Å²) in [5.41, 5.74) is 4.34. The first-order chi connectivity index (χ1) is 20.4. The number of likely N-dealkylation sites (tertiary alicyclic amines) is 1. The number of nitrogens with zero attached hydrogens (tertiary/aromatic N) is 4. The molecule has 2 aliphatic rings. The molecule has 9 nitrogen and oxygen atoms in total. The second kappa shape index (κ2) is 11.2. The molecule has 2 atom stereocenters. The molecular formula is C32H37BrFN5O4. The standard InChI is InChI=1S/C32H37BrFN5O4/c1-18-28(26-10-20-8-9-22(33)12-25(20)38(26)14-19-6-7-19)36-39-15-21(11-27(42-5)29(18)39)30(40)37-16-23(34)13-24(17-37)35-31(41)43-32(2,3)4/h8-12,15,19,23-24H,6-7,13-14,16-17H2,1-5H3,(H,35,41)/t23-,24-/m1/s1. The first kappa shape index (κ1) is 29.5. The van der Waals surface area contributed by atoms with Gasteiger partial charge in [0.1, 0.15) is 28.7 Å². The van der Waals surface area contributed by atoms with Gasteiger partial charge in [0, 0.05) is 46.6 Å². The third-order valence-corrected chi connectivity index (χ3v) is 8.54. The Hall–Kier alpha value is -3.60. The summed E-state index contributed by atoms with van der Waals surface area (Å²) in [4.78, 5) is 27.5. The van der Waals surface area contributed by atoms with Crippen molar-refractivity contribution in [1.82, 2.24) is 24.4 Å². The van der Waals surface area contributed by atoms with Gasteiger partial charge in [0.2, 0.25) is 0 Å². The van der Waals surface area contributed by atoms with E-state index in [2.05, 4.69) is 44.0 Å². The molecule has 2 amide bonds. The van der Waals surface area contributed by atoms with Crippen molar-refractivity contribution in [2.24, 2.45) is 5.92 Å². The molecule has 0 unspecified atom stereocenters. The predicted molar refractivity (Wildman–Crippen MR) is 166 cm³/mol. The molecule has 1 aromatic carbocycles. The zero-order valence-electron chi connectivity index (χ0n) is 25.1. The second-order valence-electron chi connectivity index (χ2n) is 12.7. The maximum atomic E-state index is 14.8. The van der Waals surface area contributed by atoms with Crippen LogP contribution in [0, 0.1) is 12.8 Å². The summed E-state index contributed by atoms with van der Waals surface area (Å²) in [7, 11) is 1.57. The van der Waals surface area contributed by atoms with Crippen molar-refractivity contribution in [2.45, 2.75) is 71.3 Å². The van der Waals surface area contributed by atoms with Gasteiger partial charge in [-0.2, -0.15) is 5.10 Å². The van der Waals surface area contributed by atoms with Crippen molar-refractivity contribution in [3.05, 3.63) is 52.1 Å². The van der Waals surface area contributed by atoms with Gasteiger partial charge >= 0.3 is 6.09 Å². The molecule has 1 saturated heterocycles. The van der Waals surface area contributed by atoms with Crippen LogP contribution in [0.5, 0.6) is 5.75 Å². The lowest BCUT2D eigenvalue weighted by Gasteiger charge is -2.35. The monoisotopic (exact) mass is 653 g/mol. The number of amides is 2. The summed E-state index contributed by atoms with van der Waals surface area (Å²) in [5, 5.41) is 8.83. The smallest absolute Gasteiger partial charge is 0.407 e. The highest BCUT2D eigenvalue weighted by Crippen LogP contribution is 2.39. The molecule has 0 radical (unpaired) electrons. The number of alkyl carbamates (subject to hydrolysis) is 1. The van der Waals surface area contributed by atoms with Crippen molar-refractivity contribution in [2.75, 3.05) is 20.2 Å². The molecule has 228 valence electrons. The minimum Gasteiger partial charge on any atom is -0.494 e. The van der Waals surface area contributed by atoms with E-state index in [0.29, 0.717) is 17.2 Å². The molecule has 0 spiro atoms. The van der Waals surface area contributed by atoms with E-state index in [0.717, 1.165) is 44.4 Å². The van der Waals surface area contributed by atoms with Gasteiger partial charge in [-0.25, -0.2) is 13.7 Å². The fourth-order valence-electron chi connectivity index (χ4n) is 5.95. The third-order valence-electron chi connectivity index (χ3n) is 8.05. The number of rotatable bonds is 6. The SMILES string of the molecule is COc1cc(C(=O)N2C[C@H](F)C[C@@H](NC(=O)OC(C)(C)C)C2)cn2nc(-c3cc4ccc(Br)cc4n3CC3CC3)c(C)c12. The highest BCUT2D eigenvalue weighted by atomic mass is 79.9. The third kappa shape index (κ3) is 6.09. The lowest BCUT2D eigenvalue weighted by molar-refractivity contribution is 0.0394. The van der Waals surface area contributed by atoms with Crippen LogP contribution in [0.25, 0.3) is 27.8 Å². The number of benzene rings is 1. The fraction of sp³-hybridized carbons (Fsp3) is 0.469. The van der Waals surface area contributed by atoms with Crippen molar-refractivity contribution in [1.29, 1.82) is 0 Å². The molecule has 43 heavy (non-hydrogen) atoms. The summed E-state index contributed by atoms with van der Waals surface area (Å²) in [6.07, 6.45) is 2.32. The van der Waals surface area contributed by atoms with Crippen LogP contribution in [0.1, 0.15) is 56.0 Å². The molecule has 11 heteroatoms. The van der Waals surface area contributed by atoms with Gasteiger partial charge in [0.05, 0.1) is 31.0 Å². The summed E-state index contributed by atoms with van der Waals surface area (Å²) in [6.45, 7) is 8.32. The van der Waals surface area contributed by atoms with Crippen LogP contribution >= 0.6 is 15.9 Å². The largest absolute Gasteiger partial charge is 0.494 e. The van der Waals surface area contributed by atoms with Gasteiger partial charge in [-0.05, 0) is 70.7 Å². The average Bonchev–Trinajstić information content (AvgIpc) is 3.60. The Kier molecular flexibility index (Phi) is 7.64. The Morgan fingerprint density at radius 1 is 1.16 bits per heavy atom. The number of ether oxygens (including phenoxy) is 2. The normalized spacial score (nSPS) is 19.2. The molecule has 1 aliphatic heterocycles. The van der Waals surface area contributed by atoms with E-state index < -0.39 is 23.9 Å². The Morgan fingerprint density at radius 2 is 1.93 bits per heavy atom. The summed E-state index contributed by atoms with van der Waals surface area (Å²) < 4.78 is 31.0. The molecule has 4 heterocycles. The summed E-state index contributed by atoms with van der Waals surface area (Å²) in [5.74, 6) is 0.801. The van der Waals surface area contributed by atoms with Crippen molar-refractivity contribution >= 4 is 44.3 Å². The number of halogens is 2. The molecule has 1 N–H and O–H groups in total. The minimum atomic E-state index is -1.28. The van der Waals surface area contributed by atoms with E-state index in [1.807, 2.05) is 13.0 Å². The van der Waals surface area contributed by atoms with Gasteiger partial charge in [-0.1, -0.05) is 22.0 Å². The first-order valence-corrected chi connectivity index (χ1v) is 15.5. The van der Waals surface area contributed by atoms with Crippen LogP contribution in [0.15, 0.2) is 41.0 Å².